The molecule has 3 saturated carbocycles. The first-order valence-corrected chi connectivity index (χ1v) is 17.0. The van der Waals surface area contributed by atoms with Crippen LogP contribution in [0.25, 0.3) is 0 Å². The number of hydrogen-bond donors (Lipinski definition) is 2. The molecular weight excluding hydrogens is 1030 g/mol. The zero-order chi connectivity index (χ0) is 26.6. The molecule has 1 unspecified atom stereocenters. The van der Waals surface area contributed by atoms with Crippen LogP contribution in [-0.4, -0.2) is 42.4 Å². The Morgan fingerprint density at radius 1 is 1.00 bits per heavy atom. The molecule has 236 valence electrons. The molecule has 0 aromatic carbocycles. The fourth-order valence-electron chi connectivity index (χ4n) is 9.27. The Hall–Kier alpha value is 5.81. The van der Waals surface area contributed by atoms with Gasteiger partial charge < -0.3 is 15.9 Å². The maximum atomic E-state index is 12.5. The fourth-order valence-corrected chi connectivity index (χ4v) is 9.65. The predicted molar refractivity (Wildman–Crippen MR) is 154 cm³/mol. The molecule has 0 saturated heterocycles. The number of nitrogens with one attached hydrogen (secondary N) is 1. The molecule has 9 atom stereocenters. The van der Waals surface area contributed by atoms with Crippen LogP contribution in [-0.2, 0) is 210 Å². The molecule has 6 nitrogen and oxygen atoms in total. The van der Waals surface area contributed by atoms with E-state index in [1.807, 2.05) is 0 Å². The Morgan fingerprint density at radius 3 is 2.32 bits per heavy atom. The second-order valence-electron chi connectivity index (χ2n) is 13.4. The van der Waals surface area contributed by atoms with E-state index < -0.39 is 8.03 Å². The van der Waals surface area contributed by atoms with Gasteiger partial charge in [0.25, 0.3) is 0 Å². The molecule has 0 bridgehead atoms. The van der Waals surface area contributed by atoms with E-state index >= 15 is 0 Å². The van der Waals surface area contributed by atoms with E-state index in [0.717, 1.165) is 81.6 Å². The molecule has 0 heterocycles. The van der Waals surface area contributed by atoms with Crippen molar-refractivity contribution in [1.82, 2.24) is 5.32 Å². The monoisotopic (exact) mass is 1090 g/mol. The summed E-state index contributed by atoms with van der Waals surface area (Å²) in [7, 11) is -1.48. The minimum absolute atomic E-state index is 0. The van der Waals surface area contributed by atoms with Crippen molar-refractivity contribution in [3.05, 3.63) is 11.6 Å². The number of carbonyl (C=O) groups is 1. The topological polar surface area (TPSA) is 107 Å². The van der Waals surface area contributed by atoms with Gasteiger partial charge in [-0.25, -0.2) is 0 Å². The van der Waals surface area contributed by atoms with Crippen LogP contribution in [0.1, 0.15) is 111 Å². The number of allylic oxidation sites excluding steroid dienone is 1. The normalized spacial score (nSPS) is 32.1. The molecule has 1 amide bonds. The van der Waals surface area contributed by atoms with Gasteiger partial charge in [-0.15, -0.1) is 4.52 Å². The molecule has 4 N–H and O–H groups in total. The fraction of sp³-hybridized carbons (Fsp3) is 0.903. The van der Waals surface area contributed by atoms with E-state index in [1.54, 1.807) is 12.2 Å². The van der Waals surface area contributed by atoms with E-state index in [9.17, 15) is 14.5 Å². The van der Waals surface area contributed by atoms with E-state index in [1.165, 1.54) is 32.1 Å². The average molecular weight is 1090 g/mol. The first kappa shape index (κ1) is 56.6. The quantitative estimate of drug-likeness (QED) is 0.131. The Kier molecular flexibility index (Phi) is 35.2. The summed E-state index contributed by atoms with van der Waals surface area (Å²) in [5, 5.41) is 13.4. The van der Waals surface area contributed by atoms with Gasteiger partial charge in [0, 0.05) is 209 Å². The Bertz CT molecular complexity index is 873. The number of fused-ring (bicyclic) bond motifs is 5. The van der Waals surface area contributed by atoms with E-state index in [2.05, 4.69) is 32.2 Å². The van der Waals surface area contributed by atoms with E-state index in [-0.39, 0.29) is 214 Å². The zero-order valence-corrected chi connectivity index (χ0v) is 45.9. The molecule has 3 fully saturated rings. The molecule has 13 heteroatoms. The summed E-state index contributed by atoms with van der Waals surface area (Å²) < 4.78 is 16.0. The summed E-state index contributed by atoms with van der Waals surface area (Å²) in [6.45, 7) is 10.4. The smallest absolute Gasteiger partial charge is 0.412 e. The number of unbranched alkanes of at least 4 members (excludes halogenated alkanes) is 3. The van der Waals surface area contributed by atoms with Crippen molar-refractivity contribution < 1.29 is 221 Å². The number of rotatable bonds is 12. The summed E-state index contributed by atoms with van der Waals surface area (Å²) in [6, 6.07) is 0. The third-order valence-electron chi connectivity index (χ3n) is 11.3. The Morgan fingerprint density at radius 2 is 1.66 bits per heavy atom. The minimum Gasteiger partial charge on any atom is -0.412 e. The SMILES string of the molecule is C[C@H](CCC(=O)NCCCCCCO[P+](C)=O)[C@H]1CC[C@H]2[C@@H]3CC=C4C[C@@H](O)CC[C@]4(C)[C@H]3CC[C@]12C.O.[Y].[Y].[Y].[Y].[Y].[Y]. The largest absolute Gasteiger partial charge is 0.504 e. The number of aliphatic hydroxyl groups excluding tert-OH is 1. The van der Waals surface area contributed by atoms with Crippen LogP contribution in [0.15, 0.2) is 11.6 Å². The van der Waals surface area contributed by atoms with Gasteiger partial charge in [-0.05, 0) is 116 Å². The molecule has 4 rings (SSSR count). The average Bonchev–Trinajstić information content (AvgIpc) is 3.21. The maximum absolute atomic E-state index is 12.5. The van der Waals surface area contributed by atoms with Crippen LogP contribution in [0.5, 0.6) is 0 Å². The Balaban J connectivity index is -0.00000114. The first-order chi connectivity index (χ1) is 17.6. The molecule has 6 radical (unpaired) electrons. The molecule has 0 aliphatic heterocycles. The summed E-state index contributed by atoms with van der Waals surface area (Å²) >= 11 is 0. The number of hydrogen-bond acceptors (Lipinski definition) is 4. The minimum atomic E-state index is -1.48. The van der Waals surface area contributed by atoms with Gasteiger partial charge >= 0.3 is 8.03 Å². The molecule has 4 aliphatic rings. The van der Waals surface area contributed by atoms with Crippen LogP contribution >= 0.6 is 8.03 Å². The van der Waals surface area contributed by atoms with Crippen LogP contribution in [0, 0.1) is 40.4 Å². The molecular formula is C31H55NO5PY6+. The molecule has 0 aromatic rings. The van der Waals surface area contributed by atoms with Gasteiger partial charge in [0.2, 0.25) is 5.91 Å². The van der Waals surface area contributed by atoms with Crippen molar-refractivity contribution in [3.8, 4) is 0 Å². The number of aliphatic hydroxyl groups is 1. The van der Waals surface area contributed by atoms with Crippen molar-refractivity contribution in [2.75, 3.05) is 19.8 Å². The van der Waals surface area contributed by atoms with Gasteiger partial charge in [0.15, 0.2) is 6.66 Å². The second-order valence-corrected chi connectivity index (χ2v) is 14.6. The van der Waals surface area contributed by atoms with E-state index in [4.69, 9.17) is 4.52 Å². The van der Waals surface area contributed by atoms with Crippen molar-refractivity contribution in [3.63, 3.8) is 0 Å². The third kappa shape index (κ3) is 14.9. The van der Waals surface area contributed by atoms with Gasteiger partial charge in [0.05, 0.1) is 6.10 Å². The van der Waals surface area contributed by atoms with Gasteiger partial charge in [-0.3, -0.25) is 4.79 Å². The number of carbonyl (C=O) groups excluding carboxylic acids is 1. The second kappa shape index (κ2) is 27.4. The van der Waals surface area contributed by atoms with Gasteiger partial charge in [-0.1, -0.05) is 45.3 Å². The maximum Gasteiger partial charge on any atom is 0.504 e. The predicted octanol–water partition coefficient (Wildman–Crippen LogP) is 6.57. The van der Waals surface area contributed by atoms with Crippen LogP contribution in [0.4, 0.5) is 0 Å². The van der Waals surface area contributed by atoms with Crippen LogP contribution in [0.3, 0.4) is 0 Å². The van der Waals surface area contributed by atoms with Crippen molar-refractivity contribution >= 4 is 13.9 Å². The Labute approximate surface area is 420 Å². The van der Waals surface area contributed by atoms with Crippen molar-refractivity contribution in [2.45, 2.75) is 117 Å². The van der Waals surface area contributed by atoms with Crippen LogP contribution < -0.4 is 5.32 Å². The van der Waals surface area contributed by atoms with E-state index in [0.29, 0.717) is 29.8 Å². The third-order valence-corrected chi connectivity index (χ3v) is 11.9. The zero-order valence-electron chi connectivity index (χ0n) is 27.9. The molecule has 44 heavy (non-hydrogen) atoms. The van der Waals surface area contributed by atoms with Crippen LogP contribution in [0.2, 0.25) is 0 Å². The summed E-state index contributed by atoms with van der Waals surface area (Å²) in [6.07, 6.45) is 17.7. The molecule has 4 aliphatic carbocycles. The summed E-state index contributed by atoms with van der Waals surface area (Å²) in [5.74, 6) is 3.95. The number of amides is 1. The molecule has 0 spiro atoms. The van der Waals surface area contributed by atoms with Gasteiger partial charge in [0.1, 0.15) is 6.61 Å². The summed E-state index contributed by atoms with van der Waals surface area (Å²) in [4.78, 5) is 12.5. The first-order valence-electron chi connectivity index (χ1n) is 15.3. The van der Waals surface area contributed by atoms with Crippen molar-refractivity contribution in [1.29, 1.82) is 0 Å². The van der Waals surface area contributed by atoms with Gasteiger partial charge in [-0.2, -0.15) is 0 Å². The standard InChI is InChI=1S/C31H52NO4P.H2O.6Y/c1-22(9-14-29(34)32-19-7-5-6-8-20-36-37(4)35)26-12-13-27-25-11-10-23-21-24(33)15-17-30(23,2)28(25)16-18-31(26,27)3;;;;;;;/h10,22,24-28,33H,5-9,11-21H2,1-4H3;1H2;;;;;;/p+1/t22-,24+,25+,26-,27+,28+,30+,31-;;;;;;;/m1......./s1. The summed E-state index contributed by atoms with van der Waals surface area (Å²) in [5.41, 5.74) is 2.30. The van der Waals surface area contributed by atoms with Crippen molar-refractivity contribution in [2.24, 2.45) is 40.4 Å². The molecule has 0 aromatic heterocycles.